The van der Waals surface area contributed by atoms with Crippen LogP contribution in [-0.4, -0.2) is 34.1 Å². The van der Waals surface area contributed by atoms with Crippen LogP contribution in [0.25, 0.3) is 0 Å². The second-order valence-corrected chi connectivity index (χ2v) is 9.96. The van der Waals surface area contributed by atoms with Crippen molar-refractivity contribution in [3.05, 3.63) is 59.2 Å². The third-order valence-corrected chi connectivity index (χ3v) is 7.77. The fourth-order valence-electron chi connectivity index (χ4n) is 4.29. The number of unbranched alkanes of at least 4 members (excludes halogenated alkanes) is 3. The number of benzene rings is 2. The summed E-state index contributed by atoms with van der Waals surface area (Å²) in [5.74, 6) is -0.130. The molecule has 32 heavy (non-hydrogen) atoms. The lowest BCUT2D eigenvalue weighted by Crippen LogP contribution is -2.30. The van der Waals surface area contributed by atoms with Crippen LogP contribution in [0.4, 0.5) is 5.69 Å². The lowest BCUT2D eigenvalue weighted by atomic mass is 9.95. The first-order chi connectivity index (χ1) is 15.4. The minimum absolute atomic E-state index is 0.130. The molecule has 0 amide bonds. The van der Waals surface area contributed by atoms with Crippen molar-refractivity contribution < 1.29 is 17.9 Å². The van der Waals surface area contributed by atoms with Crippen LogP contribution in [0.3, 0.4) is 0 Å². The molecule has 0 aromatic heterocycles. The van der Waals surface area contributed by atoms with Crippen molar-refractivity contribution in [2.24, 2.45) is 0 Å². The van der Waals surface area contributed by atoms with Gasteiger partial charge in [0.25, 0.3) is 10.0 Å². The molecule has 1 N–H and O–H groups in total. The molecule has 0 spiro atoms. The van der Waals surface area contributed by atoms with E-state index in [0.717, 1.165) is 54.6 Å². The molecule has 0 aliphatic carbocycles. The Balaban J connectivity index is 1.77. The van der Waals surface area contributed by atoms with Gasteiger partial charge in [-0.05, 0) is 63.4 Å². The van der Waals surface area contributed by atoms with Crippen LogP contribution < -0.4 is 9.62 Å². The molecule has 0 saturated heterocycles. The zero-order chi connectivity index (χ0) is 23.1. The summed E-state index contributed by atoms with van der Waals surface area (Å²) in [7, 11) is -3.64. The SMILES string of the molecule is CCOC(=O)CCCCCCNC1c2ccccc2N(CC)S(=O)(=O)c2ccc(C)cc21. The molecule has 1 aliphatic rings. The average molecular weight is 459 g/mol. The number of carbonyl (C=O) groups is 1. The number of para-hydroxylation sites is 1. The van der Waals surface area contributed by atoms with Crippen LogP contribution >= 0.6 is 0 Å². The number of hydrogen-bond acceptors (Lipinski definition) is 5. The Hall–Kier alpha value is -2.38. The quantitative estimate of drug-likeness (QED) is 0.412. The zero-order valence-corrected chi connectivity index (χ0v) is 20.1. The highest BCUT2D eigenvalue weighted by Crippen LogP contribution is 2.40. The van der Waals surface area contributed by atoms with Crippen molar-refractivity contribution >= 4 is 21.7 Å². The smallest absolute Gasteiger partial charge is 0.305 e. The summed E-state index contributed by atoms with van der Waals surface area (Å²) in [5.41, 5.74) is 3.54. The highest BCUT2D eigenvalue weighted by Gasteiger charge is 2.35. The maximum atomic E-state index is 13.5. The van der Waals surface area contributed by atoms with Gasteiger partial charge in [-0.1, -0.05) is 48.7 Å². The van der Waals surface area contributed by atoms with Gasteiger partial charge < -0.3 is 10.1 Å². The molecule has 1 aliphatic heterocycles. The molecule has 0 saturated carbocycles. The van der Waals surface area contributed by atoms with Gasteiger partial charge in [-0.15, -0.1) is 0 Å². The number of hydrogen-bond donors (Lipinski definition) is 1. The maximum Gasteiger partial charge on any atom is 0.305 e. The molecule has 7 heteroatoms. The van der Waals surface area contributed by atoms with Crippen LogP contribution in [-0.2, 0) is 19.6 Å². The molecule has 3 rings (SSSR count). The second kappa shape index (κ2) is 11.0. The number of ether oxygens (including phenoxy) is 1. The molecule has 2 aromatic carbocycles. The van der Waals surface area contributed by atoms with Crippen LogP contribution in [0.1, 0.15) is 68.7 Å². The number of esters is 1. The highest BCUT2D eigenvalue weighted by molar-refractivity contribution is 7.93. The molecule has 0 bridgehead atoms. The van der Waals surface area contributed by atoms with E-state index in [9.17, 15) is 13.2 Å². The van der Waals surface area contributed by atoms with E-state index in [1.54, 1.807) is 6.07 Å². The van der Waals surface area contributed by atoms with Gasteiger partial charge in [-0.2, -0.15) is 0 Å². The Bertz CT molecular complexity index is 1040. The Labute approximate surface area is 192 Å². The van der Waals surface area contributed by atoms with E-state index in [1.807, 2.05) is 57.2 Å². The predicted molar refractivity (Wildman–Crippen MR) is 127 cm³/mol. The first-order valence-corrected chi connectivity index (χ1v) is 12.9. The number of nitrogens with one attached hydrogen (secondary N) is 1. The summed E-state index contributed by atoms with van der Waals surface area (Å²) in [6.45, 7) is 7.24. The Kier molecular flexibility index (Phi) is 8.32. The van der Waals surface area contributed by atoms with Crippen LogP contribution in [0.15, 0.2) is 47.4 Å². The predicted octanol–water partition coefficient (Wildman–Crippen LogP) is 4.72. The van der Waals surface area contributed by atoms with Crippen LogP contribution in [0, 0.1) is 6.92 Å². The number of aryl methyl sites for hydroxylation is 1. The van der Waals surface area contributed by atoms with Crippen molar-refractivity contribution in [3.63, 3.8) is 0 Å². The zero-order valence-electron chi connectivity index (χ0n) is 19.3. The maximum absolute atomic E-state index is 13.5. The molecule has 6 nitrogen and oxygen atoms in total. The summed E-state index contributed by atoms with van der Waals surface area (Å²) in [5, 5.41) is 3.62. The molecular weight excluding hydrogens is 424 g/mol. The number of nitrogens with zero attached hydrogens (tertiary/aromatic N) is 1. The van der Waals surface area contributed by atoms with E-state index in [2.05, 4.69) is 5.32 Å². The molecular formula is C25H34N2O4S. The topological polar surface area (TPSA) is 75.7 Å². The van der Waals surface area contributed by atoms with E-state index in [4.69, 9.17) is 4.74 Å². The standard InChI is InChI=1S/C25H34N2O4S/c1-4-27-22-13-10-9-12-20(22)25(21-18-19(3)15-16-23(21)32(27,29)30)26-17-11-7-6-8-14-24(28)31-5-2/h9-10,12-13,15-16,18,25-26H,4-8,11,14,17H2,1-3H3. The van der Waals surface area contributed by atoms with Crippen LogP contribution in [0.2, 0.25) is 0 Å². The van der Waals surface area contributed by atoms with Crippen molar-refractivity contribution in [2.75, 3.05) is 24.0 Å². The molecule has 0 radical (unpaired) electrons. The summed E-state index contributed by atoms with van der Waals surface area (Å²) in [4.78, 5) is 11.8. The van der Waals surface area contributed by atoms with Gasteiger partial charge in [0.1, 0.15) is 0 Å². The third-order valence-electron chi connectivity index (χ3n) is 5.81. The minimum Gasteiger partial charge on any atom is -0.466 e. The molecule has 0 fully saturated rings. The highest BCUT2D eigenvalue weighted by atomic mass is 32.2. The number of anilines is 1. The molecule has 1 heterocycles. The fraction of sp³-hybridized carbons (Fsp3) is 0.480. The second-order valence-electron chi connectivity index (χ2n) is 8.13. The number of fused-ring (bicyclic) bond motifs is 2. The van der Waals surface area contributed by atoms with E-state index < -0.39 is 10.0 Å². The summed E-state index contributed by atoms with van der Waals surface area (Å²) in [6.07, 6.45) is 4.22. The molecule has 2 aromatic rings. The van der Waals surface area contributed by atoms with Gasteiger partial charge in [0.2, 0.25) is 0 Å². The van der Waals surface area contributed by atoms with Crippen molar-refractivity contribution in [1.82, 2.24) is 5.32 Å². The third kappa shape index (κ3) is 5.33. The number of rotatable bonds is 10. The lowest BCUT2D eigenvalue weighted by molar-refractivity contribution is -0.143. The van der Waals surface area contributed by atoms with E-state index in [0.29, 0.717) is 24.5 Å². The molecule has 1 unspecified atom stereocenters. The summed E-state index contributed by atoms with van der Waals surface area (Å²) < 4.78 is 33.4. The van der Waals surface area contributed by atoms with E-state index in [1.165, 1.54) is 4.31 Å². The molecule has 174 valence electrons. The first-order valence-electron chi connectivity index (χ1n) is 11.5. The van der Waals surface area contributed by atoms with Crippen LogP contribution in [0.5, 0.6) is 0 Å². The van der Waals surface area contributed by atoms with Gasteiger partial charge in [0, 0.05) is 13.0 Å². The average Bonchev–Trinajstić information content (AvgIpc) is 2.83. The van der Waals surface area contributed by atoms with Gasteiger partial charge in [-0.3, -0.25) is 9.10 Å². The van der Waals surface area contributed by atoms with Gasteiger partial charge in [0.05, 0.1) is 23.2 Å². The van der Waals surface area contributed by atoms with Gasteiger partial charge in [-0.25, -0.2) is 8.42 Å². The van der Waals surface area contributed by atoms with E-state index in [-0.39, 0.29) is 12.0 Å². The van der Waals surface area contributed by atoms with Crippen molar-refractivity contribution in [3.8, 4) is 0 Å². The fourth-order valence-corrected chi connectivity index (χ4v) is 6.01. The lowest BCUT2D eigenvalue weighted by Gasteiger charge is -2.24. The van der Waals surface area contributed by atoms with Crippen molar-refractivity contribution in [2.45, 2.75) is 63.8 Å². The Morgan fingerprint density at radius 3 is 2.53 bits per heavy atom. The number of sulfonamides is 1. The van der Waals surface area contributed by atoms with E-state index >= 15 is 0 Å². The van der Waals surface area contributed by atoms with Gasteiger partial charge >= 0.3 is 5.97 Å². The monoisotopic (exact) mass is 458 g/mol. The minimum atomic E-state index is -3.64. The van der Waals surface area contributed by atoms with Gasteiger partial charge in [0.15, 0.2) is 0 Å². The summed E-state index contributed by atoms with van der Waals surface area (Å²) >= 11 is 0. The first kappa shape index (κ1) is 24.3. The molecule has 1 atom stereocenters. The normalized spacial score (nSPS) is 16.7. The Morgan fingerprint density at radius 2 is 1.78 bits per heavy atom. The summed E-state index contributed by atoms with van der Waals surface area (Å²) in [6, 6.07) is 13.1. The Morgan fingerprint density at radius 1 is 1.03 bits per heavy atom. The largest absolute Gasteiger partial charge is 0.466 e. The van der Waals surface area contributed by atoms with Crippen molar-refractivity contribution in [1.29, 1.82) is 0 Å². The number of carbonyl (C=O) groups excluding carboxylic acids is 1.